The molecule has 0 bridgehead atoms. The van der Waals surface area contributed by atoms with Gasteiger partial charge in [-0.25, -0.2) is 0 Å². The lowest BCUT2D eigenvalue weighted by molar-refractivity contribution is 0.304. The first-order chi connectivity index (χ1) is 5.43. The van der Waals surface area contributed by atoms with Crippen LogP contribution in [0, 0.1) is 6.20 Å². The standard InChI is InChI=1S/C7H10N3O/c1-2-3-4-11-7-5-8-10-9-6-7/h5H,2-4H2,1H3. The summed E-state index contributed by atoms with van der Waals surface area (Å²) in [6, 6.07) is 0. The number of hydrogen-bond acceptors (Lipinski definition) is 4. The fraction of sp³-hybridized carbons (Fsp3) is 0.571. The predicted molar refractivity (Wildman–Crippen MR) is 39.1 cm³/mol. The Morgan fingerprint density at radius 1 is 1.64 bits per heavy atom. The van der Waals surface area contributed by atoms with E-state index in [4.69, 9.17) is 4.74 Å². The number of hydrogen-bond donors (Lipinski definition) is 0. The number of aromatic nitrogens is 3. The molecule has 4 heteroatoms. The van der Waals surface area contributed by atoms with Crippen molar-refractivity contribution >= 4 is 0 Å². The van der Waals surface area contributed by atoms with Crippen molar-refractivity contribution in [1.29, 1.82) is 0 Å². The fourth-order valence-electron chi connectivity index (χ4n) is 0.601. The molecule has 0 aromatic carbocycles. The van der Waals surface area contributed by atoms with Gasteiger partial charge in [0, 0.05) is 0 Å². The third-order valence-electron chi connectivity index (χ3n) is 1.19. The molecule has 11 heavy (non-hydrogen) atoms. The van der Waals surface area contributed by atoms with Crippen LogP contribution in [0.4, 0.5) is 0 Å². The lowest BCUT2D eigenvalue weighted by atomic mass is 10.4. The second-order valence-corrected chi connectivity index (χ2v) is 2.11. The molecule has 0 saturated carbocycles. The van der Waals surface area contributed by atoms with Crippen LogP contribution in [0.5, 0.6) is 5.75 Å². The first-order valence-electron chi connectivity index (χ1n) is 3.62. The van der Waals surface area contributed by atoms with Crippen LogP contribution in [0.3, 0.4) is 0 Å². The van der Waals surface area contributed by atoms with Gasteiger partial charge >= 0.3 is 0 Å². The minimum Gasteiger partial charge on any atom is -0.489 e. The summed E-state index contributed by atoms with van der Waals surface area (Å²) in [6.07, 6.45) is 6.24. The van der Waals surface area contributed by atoms with E-state index in [9.17, 15) is 0 Å². The van der Waals surface area contributed by atoms with Crippen molar-refractivity contribution in [1.82, 2.24) is 15.4 Å². The van der Waals surface area contributed by atoms with E-state index >= 15 is 0 Å². The van der Waals surface area contributed by atoms with Crippen LogP contribution in [0.2, 0.25) is 0 Å². The minimum absolute atomic E-state index is 0.563. The molecule has 0 spiro atoms. The molecule has 4 nitrogen and oxygen atoms in total. The summed E-state index contributed by atoms with van der Waals surface area (Å²) >= 11 is 0. The van der Waals surface area contributed by atoms with Gasteiger partial charge in [-0.15, -0.1) is 10.2 Å². The Hall–Kier alpha value is -1.19. The zero-order chi connectivity index (χ0) is 7.94. The zero-order valence-corrected chi connectivity index (χ0v) is 6.45. The fourth-order valence-corrected chi connectivity index (χ4v) is 0.601. The molecule has 1 heterocycles. The largest absolute Gasteiger partial charge is 0.489 e. The van der Waals surface area contributed by atoms with Crippen molar-refractivity contribution in [3.8, 4) is 5.75 Å². The number of unbranched alkanes of at least 4 members (excludes halogenated alkanes) is 1. The van der Waals surface area contributed by atoms with Crippen molar-refractivity contribution in [2.75, 3.05) is 6.61 Å². The first kappa shape index (κ1) is 7.91. The molecule has 0 aliphatic rings. The third-order valence-corrected chi connectivity index (χ3v) is 1.19. The van der Waals surface area contributed by atoms with Gasteiger partial charge in [-0.1, -0.05) is 13.3 Å². The van der Waals surface area contributed by atoms with Crippen molar-refractivity contribution < 1.29 is 4.74 Å². The van der Waals surface area contributed by atoms with Gasteiger partial charge in [0.25, 0.3) is 0 Å². The van der Waals surface area contributed by atoms with Crippen LogP contribution in [-0.4, -0.2) is 22.0 Å². The summed E-state index contributed by atoms with van der Waals surface area (Å²) in [5.41, 5.74) is 0. The molecule has 1 radical (unpaired) electrons. The highest BCUT2D eigenvalue weighted by molar-refractivity contribution is 5.06. The summed E-state index contributed by atoms with van der Waals surface area (Å²) in [5.74, 6) is 0.563. The van der Waals surface area contributed by atoms with Gasteiger partial charge in [-0.2, -0.15) is 0 Å². The van der Waals surface area contributed by atoms with Gasteiger partial charge in [-0.05, 0) is 11.6 Å². The molecule has 1 rings (SSSR count). The highest BCUT2D eigenvalue weighted by atomic mass is 16.5. The monoisotopic (exact) mass is 152 g/mol. The van der Waals surface area contributed by atoms with Crippen molar-refractivity contribution in [2.24, 2.45) is 0 Å². The van der Waals surface area contributed by atoms with Crippen LogP contribution in [0.15, 0.2) is 6.20 Å². The van der Waals surface area contributed by atoms with E-state index in [-0.39, 0.29) is 0 Å². The Balaban J connectivity index is 2.28. The molecule has 1 aromatic rings. The van der Waals surface area contributed by atoms with E-state index in [1.807, 2.05) is 0 Å². The Morgan fingerprint density at radius 2 is 2.55 bits per heavy atom. The van der Waals surface area contributed by atoms with E-state index in [1.54, 1.807) is 0 Å². The lowest BCUT2D eigenvalue weighted by Gasteiger charge is -2.00. The van der Waals surface area contributed by atoms with E-state index in [1.165, 1.54) is 6.20 Å². The van der Waals surface area contributed by atoms with Gasteiger partial charge < -0.3 is 4.74 Å². The Labute approximate surface area is 65.6 Å². The maximum absolute atomic E-state index is 5.23. The predicted octanol–water partition coefficient (Wildman–Crippen LogP) is 0.851. The summed E-state index contributed by atoms with van der Waals surface area (Å²) in [4.78, 5) is 0. The third kappa shape index (κ3) is 2.93. The first-order valence-corrected chi connectivity index (χ1v) is 3.62. The molecule has 0 aliphatic heterocycles. The van der Waals surface area contributed by atoms with Gasteiger partial charge in [0.05, 0.1) is 12.8 Å². The van der Waals surface area contributed by atoms with Crippen LogP contribution in [0.25, 0.3) is 0 Å². The van der Waals surface area contributed by atoms with Crippen LogP contribution < -0.4 is 4.74 Å². The summed E-state index contributed by atoms with van der Waals surface area (Å²) < 4.78 is 5.23. The molecule has 0 unspecified atom stereocenters. The summed E-state index contributed by atoms with van der Waals surface area (Å²) in [7, 11) is 0. The second-order valence-electron chi connectivity index (χ2n) is 2.11. The average molecular weight is 152 g/mol. The van der Waals surface area contributed by atoms with Gasteiger partial charge in [0.2, 0.25) is 0 Å². The van der Waals surface area contributed by atoms with Gasteiger partial charge in [-0.3, -0.25) is 0 Å². The van der Waals surface area contributed by atoms with Crippen molar-refractivity contribution in [3.63, 3.8) is 0 Å². The average Bonchev–Trinajstić information content (AvgIpc) is 2.07. The normalized spacial score (nSPS) is 9.55. The van der Waals surface area contributed by atoms with Gasteiger partial charge in [0.1, 0.15) is 0 Å². The molecule has 59 valence electrons. The lowest BCUT2D eigenvalue weighted by Crippen LogP contribution is -1.98. The van der Waals surface area contributed by atoms with Crippen molar-refractivity contribution in [3.05, 3.63) is 12.4 Å². The van der Waals surface area contributed by atoms with Crippen molar-refractivity contribution in [2.45, 2.75) is 19.8 Å². The molecule has 0 saturated heterocycles. The smallest absolute Gasteiger partial charge is 0.169 e. The molecule has 0 aliphatic carbocycles. The quantitative estimate of drug-likeness (QED) is 0.600. The summed E-state index contributed by atoms with van der Waals surface area (Å²) in [5, 5.41) is 10.3. The number of nitrogens with zero attached hydrogens (tertiary/aromatic N) is 3. The second kappa shape index (κ2) is 4.60. The molecular weight excluding hydrogens is 142 g/mol. The van der Waals surface area contributed by atoms with E-state index in [0.29, 0.717) is 12.4 Å². The molecule has 0 fully saturated rings. The molecule has 0 N–H and O–H groups in total. The van der Waals surface area contributed by atoms with Crippen LogP contribution in [-0.2, 0) is 0 Å². The molecule has 1 aromatic heterocycles. The van der Waals surface area contributed by atoms with Crippen LogP contribution >= 0.6 is 0 Å². The minimum atomic E-state index is 0.563. The van der Waals surface area contributed by atoms with E-state index in [2.05, 4.69) is 28.5 Å². The van der Waals surface area contributed by atoms with Crippen LogP contribution in [0.1, 0.15) is 19.8 Å². The topological polar surface area (TPSA) is 47.9 Å². The molecular formula is C7H10N3O. The van der Waals surface area contributed by atoms with E-state index < -0.39 is 0 Å². The van der Waals surface area contributed by atoms with E-state index in [0.717, 1.165) is 12.8 Å². The Kier molecular flexibility index (Phi) is 3.31. The zero-order valence-electron chi connectivity index (χ0n) is 6.45. The molecule has 0 atom stereocenters. The maximum Gasteiger partial charge on any atom is 0.169 e. The Morgan fingerprint density at radius 3 is 3.18 bits per heavy atom. The Bertz CT molecular complexity index is 190. The highest BCUT2D eigenvalue weighted by Gasteiger charge is 1.92. The number of rotatable bonds is 4. The maximum atomic E-state index is 5.23. The number of ether oxygens (including phenoxy) is 1. The highest BCUT2D eigenvalue weighted by Crippen LogP contribution is 2.02. The SMILES string of the molecule is CCCCOc1[c]nnnc1. The molecule has 0 amide bonds. The summed E-state index contributed by atoms with van der Waals surface area (Å²) in [6.45, 7) is 2.80. The van der Waals surface area contributed by atoms with Gasteiger partial charge in [0.15, 0.2) is 11.9 Å².